The van der Waals surface area contributed by atoms with Crippen molar-refractivity contribution in [2.24, 2.45) is 0 Å². The van der Waals surface area contributed by atoms with Crippen LogP contribution in [0.1, 0.15) is 55.3 Å². The highest BCUT2D eigenvalue weighted by Crippen LogP contribution is 2.39. The van der Waals surface area contributed by atoms with Gasteiger partial charge in [0.05, 0.1) is 25.5 Å². The zero-order chi connectivity index (χ0) is 27.6. The molecule has 39 heavy (non-hydrogen) atoms. The maximum absolute atomic E-state index is 14.9. The number of nitrogens with zero attached hydrogens (tertiary/aromatic N) is 4. The van der Waals surface area contributed by atoms with E-state index in [1.807, 2.05) is 0 Å². The molecule has 2 aliphatic heterocycles. The fourth-order valence-corrected chi connectivity index (χ4v) is 5.58. The fraction of sp³-hybridized carbons (Fsp3) is 0.556. The first-order valence-electron chi connectivity index (χ1n) is 13.5. The van der Waals surface area contributed by atoms with Crippen LogP contribution in [0.2, 0.25) is 0 Å². The lowest BCUT2D eigenvalue weighted by molar-refractivity contribution is -0.140. The molecule has 1 atom stereocenters. The molecule has 2 amide bonds. The fourth-order valence-electron chi connectivity index (χ4n) is 5.58. The largest absolute Gasteiger partial charge is 0.495 e. The Hall–Kier alpha value is -3.54. The molecule has 0 radical (unpaired) electrons. The summed E-state index contributed by atoms with van der Waals surface area (Å²) in [6.45, 7) is 0.968. The molecule has 3 aliphatic rings. The maximum atomic E-state index is 14.9. The summed E-state index contributed by atoms with van der Waals surface area (Å²) in [6.07, 6.45) is 7.80. The highest BCUT2D eigenvalue weighted by atomic mass is 19.3. The number of anilines is 4. The summed E-state index contributed by atoms with van der Waals surface area (Å²) in [6, 6.07) is 4.95. The van der Waals surface area contributed by atoms with Crippen LogP contribution in [0.25, 0.3) is 0 Å². The highest BCUT2D eigenvalue weighted by molar-refractivity contribution is 6.02. The zero-order valence-electron chi connectivity index (χ0n) is 22.3. The van der Waals surface area contributed by atoms with Crippen LogP contribution in [0.4, 0.5) is 31.9 Å². The van der Waals surface area contributed by atoms with Gasteiger partial charge < -0.3 is 30.5 Å². The van der Waals surface area contributed by atoms with Crippen molar-refractivity contribution in [3.63, 3.8) is 0 Å². The second-order valence-corrected chi connectivity index (χ2v) is 10.4. The van der Waals surface area contributed by atoms with Crippen molar-refractivity contribution in [1.82, 2.24) is 20.6 Å². The summed E-state index contributed by atoms with van der Waals surface area (Å²) in [5.41, 5.74) is 1.21. The van der Waals surface area contributed by atoms with Crippen LogP contribution in [0, 0.1) is 0 Å². The SMILES string of the molecule is COc1cc(C(=O)N[C@@H]2CCCNC2)ccc1Nc1ncc2c(n1)N(C1CCCCC1)CC(F)(F)C(=O)N2C. The predicted octanol–water partition coefficient (Wildman–Crippen LogP) is 3.46. The third kappa shape index (κ3) is 5.75. The molecule has 1 aromatic carbocycles. The molecule has 1 aliphatic carbocycles. The summed E-state index contributed by atoms with van der Waals surface area (Å²) in [7, 11) is 2.82. The standard InChI is InChI=1S/C27H35F2N7O3/c1-35-21-15-31-26(34-23(21)36(16-27(28,29)25(35)38)19-8-4-3-5-9-19)33-20-11-10-17(13-22(20)39-2)24(37)32-18-7-6-12-30-14-18/h10-11,13,15,18-19,30H,3-9,12,14,16H2,1-2H3,(H,32,37)(H,31,33,34)/t18-/m1/s1. The van der Waals surface area contributed by atoms with E-state index in [4.69, 9.17) is 4.74 Å². The van der Waals surface area contributed by atoms with Crippen LogP contribution in [-0.4, -0.2) is 73.6 Å². The highest BCUT2D eigenvalue weighted by Gasteiger charge is 2.48. The van der Waals surface area contributed by atoms with E-state index < -0.39 is 18.4 Å². The van der Waals surface area contributed by atoms with Gasteiger partial charge in [-0.2, -0.15) is 13.8 Å². The van der Waals surface area contributed by atoms with E-state index in [0.717, 1.165) is 62.9 Å². The van der Waals surface area contributed by atoms with Gasteiger partial charge in [-0.15, -0.1) is 0 Å². The number of fused-ring (bicyclic) bond motifs is 1. The number of alkyl halides is 2. The third-order valence-corrected chi connectivity index (χ3v) is 7.73. The number of aromatic nitrogens is 2. The Morgan fingerprint density at radius 3 is 2.69 bits per heavy atom. The number of ether oxygens (including phenoxy) is 1. The molecule has 0 bridgehead atoms. The second-order valence-electron chi connectivity index (χ2n) is 10.4. The Kier molecular flexibility index (Phi) is 7.83. The zero-order valence-corrected chi connectivity index (χ0v) is 22.3. The minimum atomic E-state index is -3.55. The molecule has 1 aromatic heterocycles. The first kappa shape index (κ1) is 27.0. The lowest BCUT2D eigenvalue weighted by Crippen LogP contribution is -2.49. The van der Waals surface area contributed by atoms with Crippen molar-refractivity contribution < 1.29 is 23.1 Å². The van der Waals surface area contributed by atoms with Crippen LogP contribution in [0.5, 0.6) is 5.75 Å². The van der Waals surface area contributed by atoms with Crippen LogP contribution in [0.15, 0.2) is 24.4 Å². The Morgan fingerprint density at radius 1 is 1.18 bits per heavy atom. The van der Waals surface area contributed by atoms with E-state index in [-0.39, 0.29) is 29.6 Å². The van der Waals surface area contributed by atoms with Gasteiger partial charge in [-0.05, 0) is 50.4 Å². The van der Waals surface area contributed by atoms with Gasteiger partial charge in [0.15, 0.2) is 5.82 Å². The Bertz CT molecular complexity index is 1220. The molecule has 0 unspecified atom stereocenters. The first-order chi connectivity index (χ1) is 18.8. The molecule has 2 aromatic rings. The minimum Gasteiger partial charge on any atom is -0.495 e. The molecule has 5 rings (SSSR count). The summed E-state index contributed by atoms with van der Waals surface area (Å²) < 4.78 is 35.4. The van der Waals surface area contributed by atoms with Crippen LogP contribution < -0.4 is 30.5 Å². The van der Waals surface area contributed by atoms with Gasteiger partial charge in [0.1, 0.15) is 11.4 Å². The molecule has 2 fully saturated rings. The number of carbonyl (C=O) groups is 2. The van der Waals surface area contributed by atoms with Gasteiger partial charge in [0.2, 0.25) is 5.95 Å². The molecule has 1 saturated heterocycles. The topological polar surface area (TPSA) is 112 Å². The van der Waals surface area contributed by atoms with Gasteiger partial charge in [0.25, 0.3) is 11.8 Å². The van der Waals surface area contributed by atoms with Crippen molar-refractivity contribution in [1.29, 1.82) is 0 Å². The first-order valence-corrected chi connectivity index (χ1v) is 13.5. The third-order valence-electron chi connectivity index (χ3n) is 7.73. The quantitative estimate of drug-likeness (QED) is 0.508. The number of hydrogen-bond donors (Lipinski definition) is 3. The van der Waals surface area contributed by atoms with Crippen molar-refractivity contribution in [2.45, 2.75) is 63.0 Å². The molecular formula is C27H35F2N7O3. The molecule has 12 heteroatoms. The summed E-state index contributed by atoms with van der Waals surface area (Å²) in [4.78, 5) is 36.8. The number of benzene rings is 1. The van der Waals surface area contributed by atoms with Gasteiger partial charge >= 0.3 is 5.92 Å². The lowest BCUT2D eigenvalue weighted by atomic mass is 9.94. The van der Waals surface area contributed by atoms with Crippen LogP contribution in [-0.2, 0) is 4.79 Å². The van der Waals surface area contributed by atoms with Crippen molar-refractivity contribution >= 4 is 35.0 Å². The summed E-state index contributed by atoms with van der Waals surface area (Å²) in [5, 5.41) is 9.43. The maximum Gasteiger partial charge on any atom is 0.342 e. The number of amides is 2. The monoisotopic (exact) mass is 543 g/mol. The van der Waals surface area contributed by atoms with Crippen molar-refractivity contribution in [2.75, 3.05) is 48.9 Å². The summed E-state index contributed by atoms with van der Waals surface area (Å²) >= 11 is 0. The average molecular weight is 544 g/mol. The number of methoxy groups -OCH3 is 1. The number of rotatable bonds is 6. The number of hydrogen-bond acceptors (Lipinski definition) is 8. The average Bonchev–Trinajstić information content (AvgIpc) is 3.03. The van der Waals surface area contributed by atoms with E-state index in [0.29, 0.717) is 22.8 Å². The second kappa shape index (κ2) is 11.3. The molecule has 3 heterocycles. The normalized spacial score (nSPS) is 21.6. The van der Waals surface area contributed by atoms with Crippen LogP contribution >= 0.6 is 0 Å². The van der Waals surface area contributed by atoms with E-state index in [1.54, 1.807) is 23.1 Å². The van der Waals surface area contributed by atoms with Gasteiger partial charge in [-0.25, -0.2) is 4.98 Å². The van der Waals surface area contributed by atoms with Gasteiger partial charge in [0, 0.05) is 31.2 Å². The minimum absolute atomic E-state index is 0.0764. The molecule has 0 spiro atoms. The molecular weight excluding hydrogens is 508 g/mol. The van der Waals surface area contributed by atoms with E-state index in [9.17, 15) is 18.4 Å². The van der Waals surface area contributed by atoms with Crippen molar-refractivity contribution in [3.8, 4) is 5.75 Å². The lowest BCUT2D eigenvalue weighted by Gasteiger charge is -2.35. The number of carbonyl (C=O) groups excluding carboxylic acids is 2. The van der Waals surface area contributed by atoms with Gasteiger partial charge in [-0.1, -0.05) is 19.3 Å². The number of piperidine rings is 1. The predicted molar refractivity (Wildman–Crippen MR) is 144 cm³/mol. The Balaban J connectivity index is 1.41. The molecule has 210 valence electrons. The van der Waals surface area contributed by atoms with Crippen molar-refractivity contribution in [3.05, 3.63) is 30.0 Å². The number of nitrogens with one attached hydrogen (secondary N) is 3. The summed E-state index contributed by atoms with van der Waals surface area (Å²) in [5.74, 6) is -4.13. The molecule has 1 saturated carbocycles. The Labute approximate surface area is 226 Å². The Morgan fingerprint density at radius 2 is 1.97 bits per heavy atom. The molecule has 3 N–H and O–H groups in total. The van der Waals surface area contributed by atoms with E-state index in [1.165, 1.54) is 20.4 Å². The van der Waals surface area contributed by atoms with Crippen LogP contribution in [0.3, 0.4) is 0 Å². The molecule has 10 nitrogen and oxygen atoms in total. The van der Waals surface area contributed by atoms with E-state index in [2.05, 4.69) is 25.9 Å². The number of halogens is 2. The van der Waals surface area contributed by atoms with Gasteiger partial charge in [-0.3, -0.25) is 9.59 Å². The smallest absolute Gasteiger partial charge is 0.342 e. The van der Waals surface area contributed by atoms with E-state index >= 15 is 0 Å².